The van der Waals surface area contributed by atoms with Crippen LogP contribution in [0.3, 0.4) is 0 Å². The van der Waals surface area contributed by atoms with Gasteiger partial charge in [-0.05, 0) is 18.6 Å². The maximum Gasteiger partial charge on any atom is 0.132 e. The molecule has 1 rings (SSSR count). The Morgan fingerprint density at radius 1 is 1.62 bits per heavy atom. The molecule has 0 bridgehead atoms. The highest BCUT2D eigenvalue weighted by Crippen LogP contribution is 2.20. The summed E-state index contributed by atoms with van der Waals surface area (Å²) in [5.74, 6) is 4.00. The van der Waals surface area contributed by atoms with E-state index >= 15 is 0 Å². The summed E-state index contributed by atoms with van der Waals surface area (Å²) in [7, 11) is 0. The van der Waals surface area contributed by atoms with Gasteiger partial charge in [-0.25, -0.2) is 0 Å². The molecular formula is C11H14O2. The van der Waals surface area contributed by atoms with Gasteiger partial charge in [0, 0.05) is 12.8 Å². The Hall–Kier alpha value is -1.20. The van der Waals surface area contributed by atoms with E-state index in [9.17, 15) is 5.11 Å². The largest absolute Gasteiger partial charge is 0.463 e. The SMILES string of the molecule is C#CCCC(O)c1ccc(CC)o1. The van der Waals surface area contributed by atoms with Crippen LogP contribution < -0.4 is 0 Å². The number of aliphatic hydroxyl groups excluding tert-OH is 1. The van der Waals surface area contributed by atoms with Gasteiger partial charge in [0.25, 0.3) is 0 Å². The van der Waals surface area contributed by atoms with Crippen LogP contribution in [0.15, 0.2) is 16.5 Å². The van der Waals surface area contributed by atoms with Gasteiger partial charge in [-0.2, -0.15) is 0 Å². The number of hydrogen-bond donors (Lipinski definition) is 1. The summed E-state index contributed by atoms with van der Waals surface area (Å²) < 4.78 is 5.37. The topological polar surface area (TPSA) is 33.4 Å². The molecule has 0 aliphatic heterocycles. The van der Waals surface area contributed by atoms with Gasteiger partial charge in [0.15, 0.2) is 0 Å². The molecule has 0 aliphatic carbocycles. The number of furan rings is 1. The van der Waals surface area contributed by atoms with Gasteiger partial charge in [0.2, 0.25) is 0 Å². The minimum absolute atomic E-state index is 0.559. The second kappa shape index (κ2) is 4.74. The average Bonchev–Trinajstić information content (AvgIpc) is 2.62. The fraction of sp³-hybridized carbons (Fsp3) is 0.455. The minimum Gasteiger partial charge on any atom is -0.463 e. The first kappa shape index (κ1) is 9.88. The summed E-state index contributed by atoms with van der Waals surface area (Å²) in [5, 5.41) is 9.57. The van der Waals surface area contributed by atoms with E-state index in [-0.39, 0.29) is 0 Å². The molecule has 0 fully saturated rings. The number of aryl methyl sites for hydroxylation is 1. The Bertz CT molecular complexity index is 293. The molecule has 0 amide bonds. The lowest BCUT2D eigenvalue weighted by Crippen LogP contribution is -1.94. The Balaban J connectivity index is 2.56. The van der Waals surface area contributed by atoms with Gasteiger partial charge < -0.3 is 9.52 Å². The maximum atomic E-state index is 9.57. The summed E-state index contributed by atoms with van der Waals surface area (Å²) in [6.07, 6.45) is 6.52. The highest BCUT2D eigenvalue weighted by atomic mass is 16.4. The minimum atomic E-state index is -0.559. The molecule has 1 unspecified atom stereocenters. The number of hydrogen-bond acceptors (Lipinski definition) is 2. The zero-order chi connectivity index (χ0) is 9.68. The van der Waals surface area contributed by atoms with Gasteiger partial charge in [-0.15, -0.1) is 12.3 Å². The number of terminal acetylenes is 1. The first-order valence-electron chi connectivity index (χ1n) is 4.48. The van der Waals surface area contributed by atoms with Gasteiger partial charge in [0.05, 0.1) is 0 Å². The van der Waals surface area contributed by atoms with E-state index < -0.39 is 6.10 Å². The van der Waals surface area contributed by atoms with Crippen LogP contribution in [0.2, 0.25) is 0 Å². The average molecular weight is 178 g/mol. The molecule has 2 nitrogen and oxygen atoms in total. The van der Waals surface area contributed by atoms with Crippen molar-refractivity contribution in [1.82, 2.24) is 0 Å². The molecule has 0 saturated heterocycles. The van der Waals surface area contributed by atoms with Crippen molar-refractivity contribution in [3.8, 4) is 12.3 Å². The molecule has 1 aromatic heterocycles. The summed E-state index contributed by atoms with van der Waals surface area (Å²) in [4.78, 5) is 0. The van der Waals surface area contributed by atoms with E-state index in [2.05, 4.69) is 5.92 Å². The van der Waals surface area contributed by atoms with Crippen LogP contribution in [0.25, 0.3) is 0 Å². The Kier molecular flexibility index (Phi) is 3.60. The lowest BCUT2D eigenvalue weighted by atomic mass is 10.1. The summed E-state index contributed by atoms with van der Waals surface area (Å²) in [6, 6.07) is 3.69. The van der Waals surface area contributed by atoms with Crippen LogP contribution in [-0.4, -0.2) is 5.11 Å². The second-order valence-electron chi connectivity index (χ2n) is 2.92. The van der Waals surface area contributed by atoms with Gasteiger partial charge in [-0.3, -0.25) is 0 Å². The molecular weight excluding hydrogens is 164 g/mol. The third kappa shape index (κ3) is 2.64. The smallest absolute Gasteiger partial charge is 0.132 e. The highest BCUT2D eigenvalue weighted by molar-refractivity contribution is 5.09. The molecule has 0 radical (unpaired) electrons. The van der Waals surface area contributed by atoms with Crippen molar-refractivity contribution >= 4 is 0 Å². The van der Waals surface area contributed by atoms with Crippen LogP contribution >= 0.6 is 0 Å². The molecule has 0 aromatic carbocycles. The zero-order valence-electron chi connectivity index (χ0n) is 7.79. The van der Waals surface area contributed by atoms with Crippen molar-refractivity contribution in [1.29, 1.82) is 0 Å². The lowest BCUT2D eigenvalue weighted by molar-refractivity contribution is 0.140. The Morgan fingerprint density at radius 3 is 2.92 bits per heavy atom. The van der Waals surface area contributed by atoms with E-state index in [1.54, 1.807) is 6.07 Å². The van der Waals surface area contributed by atoms with Crippen molar-refractivity contribution in [2.45, 2.75) is 32.3 Å². The van der Waals surface area contributed by atoms with Crippen molar-refractivity contribution in [2.24, 2.45) is 0 Å². The van der Waals surface area contributed by atoms with Gasteiger partial charge in [-0.1, -0.05) is 6.92 Å². The molecule has 2 heteroatoms. The summed E-state index contributed by atoms with van der Waals surface area (Å²) >= 11 is 0. The second-order valence-corrected chi connectivity index (χ2v) is 2.92. The normalized spacial score (nSPS) is 12.4. The molecule has 1 heterocycles. The number of rotatable bonds is 4. The lowest BCUT2D eigenvalue weighted by Gasteiger charge is -2.04. The predicted molar refractivity (Wildman–Crippen MR) is 51.1 cm³/mol. The molecule has 70 valence electrons. The van der Waals surface area contributed by atoms with E-state index in [0.29, 0.717) is 18.6 Å². The molecule has 1 atom stereocenters. The highest BCUT2D eigenvalue weighted by Gasteiger charge is 2.10. The van der Waals surface area contributed by atoms with Crippen LogP contribution in [0, 0.1) is 12.3 Å². The standard InChI is InChI=1S/C11H14O2/c1-3-5-6-10(12)11-8-7-9(4-2)13-11/h1,7-8,10,12H,4-6H2,2H3. The van der Waals surface area contributed by atoms with E-state index in [1.165, 1.54) is 0 Å². The van der Waals surface area contributed by atoms with Crippen LogP contribution in [0.5, 0.6) is 0 Å². The predicted octanol–water partition coefficient (Wildman–Crippen LogP) is 2.29. The van der Waals surface area contributed by atoms with E-state index in [1.807, 2.05) is 13.0 Å². The fourth-order valence-electron chi connectivity index (χ4n) is 1.13. The third-order valence-electron chi connectivity index (χ3n) is 1.92. The summed E-state index contributed by atoms with van der Waals surface area (Å²) in [6.45, 7) is 2.01. The molecule has 13 heavy (non-hydrogen) atoms. The fourth-order valence-corrected chi connectivity index (χ4v) is 1.13. The molecule has 0 aliphatic rings. The third-order valence-corrected chi connectivity index (χ3v) is 1.92. The maximum absolute atomic E-state index is 9.57. The molecule has 0 spiro atoms. The Labute approximate surface area is 78.6 Å². The van der Waals surface area contributed by atoms with E-state index in [4.69, 9.17) is 10.8 Å². The molecule has 1 aromatic rings. The molecule has 1 N–H and O–H groups in total. The van der Waals surface area contributed by atoms with E-state index in [0.717, 1.165) is 12.2 Å². The van der Waals surface area contributed by atoms with Crippen LogP contribution in [-0.2, 0) is 6.42 Å². The van der Waals surface area contributed by atoms with Gasteiger partial charge in [0.1, 0.15) is 17.6 Å². The zero-order valence-corrected chi connectivity index (χ0v) is 7.79. The van der Waals surface area contributed by atoms with Crippen molar-refractivity contribution in [3.63, 3.8) is 0 Å². The number of aliphatic hydroxyl groups is 1. The van der Waals surface area contributed by atoms with Crippen LogP contribution in [0.1, 0.15) is 37.4 Å². The first-order chi connectivity index (χ1) is 6.27. The Morgan fingerprint density at radius 2 is 2.38 bits per heavy atom. The monoisotopic (exact) mass is 178 g/mol. The molecule has 0 saturated carbocycles. The van der Waals surface area contributed by atoms with Crippen molar-refractivity contribution in [2.75, 3.05) is 0 Å². The quantitative estimate of drug-likeness (QED) is 0.717. The van der Waals surface area contributed by atoms with Gasteiger partial charge >= 0.3 is 0 Å². The van der Waals surface area contributed by atoms with Crippen molar-refractivity contribution in [3.05, 3.63) is 23.7 Å². The first-order valence-corrected chi connectivity index (χ1v) is 4.48. The van der Waals surface area contributed by atoms with Crippen LogP contribution in [0.4, 0.5) is 0 Å². The van der Waals surface area contributed by atoms with Crippen molar-refractivity contribution < 1.29 is 9.52 Å². The summed E-state index contributed by atoms with van der Waals surface area (Å²) in [5.41, 5.74) is 0.